The molecule has 2 saturated heterocycles. The van der Waals surface area contributed by atoms with Gasteiger partial charge in [0.15, 0.2) is 9.84 Å². The molecule has 1 aromatic rings. The van der Waals surface area contributed by atoms with E-state index < -0.39 is 14.6 Å². The van der Waals surface area contributed by atoms with Gasteiger partial charge in [-0.15, -0.1) is 0 Å². The summed E-state index contributed by atoms with van der Waals surface area (Å²) in [5, 5.41) is 3.95. The van der Waals surface area contributed by atoms with E-state index in [0.717, 1.165) is 23.4 Å². The number of methoxy groups -OCH3 is 1. The van der Waals surface area contributed by atoms with Crippen molar-refractivity contribution in [3.63, 3.8) is 0 Å². The lowest BCUT2D eigenvalue weighted by Crippen LogP contribution is -2.67. The third-order valence-electron chi connectivity index (χ3n) is 5.01. The first-order valence-corrected chi connectivity index (χ1v) is 8.90. The van der Waals surface area contributed by atoms with Crippen molar-refractivity contribution in [2.24, 2.45) is 5.92 Å². The molecule has 2 aliphatic rings. The summed E-state index contributed by atoms with van der Waals surface area (Å²) in [5.41, 5.74) is 1.96. The Morgan fingerprint density at radius 3 is 2.71 bits per heavy atom. The number of aromatic nitrogens is 1. The van der Waals surface area contributed by atoms with Gasteiger partial charge in [0.25, 0.3) is 0 Å². The Bertz CT molecular complexity index is 612. The molecule has 0 aromatic carbocycles. The molecule has 7 heteroatoms. The number of likely N-dealkylation sites (tertiary alicyclic amines) is 1. The van der Waals surface area contributed by atoms with Crippen LogP contribution in [0.1, 0.15) is 23.4 Å². The first kappa shape index (κ1) is 15.0. The van der Waals surface area contributed by atoms with Gasteiger partial charge in [-0.2, -0.15) is 0 Å². The molecule has 118 valence electrons. The van der Waals surface area contributed by atoms with Crippen molar-refractivity contribution in [2.45, 2.75) is 31.6 Å². The molecule has 0 amide bonds. The number of rotatable bonds is 4. The lowest BCUT2D eigenvalue weighted by molar-refractivity contribution is 0.0408. The smallest absolute Gasteiger partial charge is 0.158 e. The Morgan fingerprint density at radius 1 is 1.43 bits per heavy atom. The second kappa shape index (κ2) is 5.07. The van der Waals surface area contributed by atoms with Gasteiger partial charge < -0.3 is 9.26 Å². The summed E-state index contributed by atoms with van der Waals surface area (Å²) in [6.07, 6.45) is 0.718. The first-order chi connectivity index (χ1) is 9.89. The second-order valence-corrected chi connectivity index (χ2v) is 8.72. The molecule has 3 rings (SSSR count). The number of ether oxygens (including phenoxy) is 1. The molecule has 0 N–H and O–H groups in total. The summed E-state index contributed by atoms with van der Waals surface area (Å²) in [6, 6.07) is 0. The van der Waals surface area contributed by atoms with E-state index in [2.05, 4.69) is 10.1 Å². The zero-order valence-electron chi connectivity index (χ0n) is 12.8. The summed E-state index contributed by atoms with van der Waals surface area (Å²) in [4.78, 5) is 2.16. The Hall–Kier alpha value is -0.920. The molecule has 0 unspecified atom stereocenters. The fraction of sp³-hybridized carbons (Fsp3) is 0.786. The molecule has 3 heterocycles. The molecular weight excluding hydrogens is 292 g/mol. The number of sulfone groups is 1. The maximum absolute atomic E-state index is 12.4. The van der Waals surface area contributed by atoms with Gasteiger partial charge in [0.2, 0.25) is 0 Å². The van der Waals surface area contributed by atoms with Crippen molar-refractivity contribution >= 4 is 9.84 Å². The molecule has 0 aliphatic carbocycles. The molecule has 2 aliphatic heterocycles. The molecule has 21 heavy (non-hydrogen) atoms. The lowest BCUT2D eigenvalue weighted by Gasteiger charge is -2.50. The van der Waals surface area contributed by atoms with Crippen LogP contribution in [0.4, 0.5) is 0 Å². The van der Waals surface area contributed by atoms with Gasteiger partial charge in [0.1, 0.15) is 10.5 Å². The van der Waals surface area contributed by atoms with Crippen LogP contribution in [0, 0.1) is 19.8 Å². The van der Waals surface area contributed by atoms with E-state index in [9.17, 15) is 8.42 Å². The largest absolute Gasteiger partial charge is 0.384 e. The van der Waals surface area contributed by atoms with Crippen molar-refractivity contribution in [1.29, 1.82) is 0 Å². The maximum Gasteiger partial charge on any atom is 0.158 e. The van der Waals surface area contributed by atoms with Crippen molar-refractivity contribution < 1.29 is 17.7 Å². The van der Waals surface area contributed by atoms with Crippen LogP contribution in [0.15, 0.2) is 4.52 Å². The van der Waals surface area contributed by atoms with Crippen LogP contribution in [0.5, 0.6) is 0 Å². The molecule has 6 nitrogen and oxygen atoms in total. The van der Waals surface area contributed by atoms with Gasteiger partial charge >= 0.3 is 0 Å². The monoisotopic (exact) mass is 314 g/mol. The van der Waals surface area contributed by atoms with Gasteiger partial charge in [-0.1, -0.05) is 5.16 Å². The van der Waals surface area contributed by atoms with E-state index in [4.69, 9.17) is 9.26 Å². The highest BCUT2D eigenvalue weighted by atomic mass is 32.2. The van der Waals surface area contributed by atoms with E-state index in [1.807, 2.05) is 13.8 Å². The number of nitrogens with zero attached hydrogens (tertiary/aromatic N) is 2. The van der Waals surface area contributed by atoms with Crippen LogP contribution >= 0.6 is 0 Å². The zero-order chi connectivity index (χ0) is 15.3. The van der Waals surface area contributed by atoms with E-state index in [1.165, 1.54) is 0 Å². The minimum atomic E-state index is -3.01. The van der Waals surface area contributed by atoms with E-state index in [1.54, 1.807) is 7.11 Å². The normalized spacial score (nSPS) is 27.1. The van der Waals surface area contributed by atoms with Gasteiger partial charge in [0, 0.05) is 38.2 Å². The highest BCUT2D eigenvalue weighted by Crippen LogP contribution is 2.45. The standard InChI is InChI=1S/C14H22N2O4S/c1-10-13(11(2)20-15-10)6-16-8-14(9-16)12(7-19-3)4-5-21(14,17)18/h12H,4-9H2,1-3H3/t12-/m0/s1. The van der Waals surface area contributed by atoms with Crippen molar-refractivity contribution in [2.75, 3.05) is 32.6 Å². The Morgan fingerprint density at radius 2 is 2.14 bits per heavy atom. The summed E-state index contributed by atoms with van der Waals surface area (Å²) < 4.78 is 34.6. The summed E-state index contributed by atoms with van der Waals surface area (Å²) in [5.74, 6) is 1.23. The summed E-state index contributed by atoms with van der Waals surface area (Å²) in [7, 11) is -1.38. The molecule has 0 radical (unpaired) electrons. The highest BCUT2D eigenvalue weighted by Gasteiger charge is 2.61. The van der Waals surface area contributed by atoms with E-state index in [-0.39, 0.29) is 5.92 Å². The maximum atomic E-state index is 12.4. The van der Waals surface area contributed by atoms with Gasteiger partial charge in [-0.3, -0.25) is 4.90 Å². The minimum absolute atomic E-state index is 0.119. The molecule has 1 aromatic heterocycles. The first-order valence-electron chi connectivity index (χ1n) is 7.25. The third-order valence-corrected chi connectivity index (χ3v) is 7.62. The average Bonchev–Trinajstić information content (AvgIpc) is 2.82. The molecule has 2 fully saturated rings. The highest BCUT2D eigenvalue weighted by molar-refractivity contribution is 7.93. The van der Waals surface area contributed by atoms with Gasteiger partial charge in [-0.25, -0.2) is 8.42 Å². The molecule has 1 atom stereocenters. The quantitative estimate of drug-likeness (QED) is 0.823. The fourth-order valence-corrected chi connectivity index (χ4v) is 6.14. The van der Waals surface area contributed by atoms with Crippen molar-refractivity contribution in [3.05, 3.63) is 17.0 Å². The van der Waals surface area contributed by atoms with Crippen molar-refractivity contribution in [1.82, 2.24) is 10.1 Å². The van der Waals surface area contributed by atoms with Crippen LogP contribution in [-0.2, 0) is 21.1 Å². The van der Waals surface area contributed by atoms with Crippen molar-refractivity contribution in [3.8, 4) is 0 Å². The number of hydrogen-bond donors (Lipinski definition) is 0. The molecule has 0 bridgehead atoms. The minimum Gasteiger partial charge on any atom is -0.384 e. The molecule has 0 saturated carbocycles. The second-order valence-electron chi connectivity index (χ2n) is 6.27. The Balaban J connectivity index is 1.73. The van der Waals surface area contributed by atoms with Crippen LogP contribution in [0.2, 0.25) is 0 Å². The SMILES string of the molecule is COC[C@@H]1CCS(=O)(=O)C12CN(Cc1c(C)noc1C)C2. The topological polar surface area (TPSA) is 72.6 Å². The summed E-state index contributed by atoms with van der Waals surface area (Å²) in [6.45, 7) is 6.23. The summed E-state index contributed by atoms with van der Waals surface area (Å²) >= 11 is 0. The van der Waals surface area contributed by atoms with Crippen LogP contribution in [0.25, 0.3) is 0 Å². The predicted molar refractivity (Wildman–Crippen MR) is 77.8 cm³/mol. The van der Waals surface area contributed by atoms with E-state index in [0.29, 0.717) is 32.0 Å². The van der Waals surface area contributed by atoms with Gasteiger partial charge in [-0.05, 0) is 20.3 Å². The number of hydrogen-bond acceptors (Lipinski definition) is 6. The van der Waals surface area contributed by atoms with Crippen LogP contribution < -0.4 is 0 Å². The van der Waals surface area contributed by atoms with E-state index >= 15 is 0 Å². The average molecular weight is 314 g/mol. The zero-order valence-corrected chi connectivity index (χ0v) is 13.6. The predicted octanol–water partition coefficient (Wildman–Crippen LogP) is 0.927. The molecule has 1 spiro atoms. The fourth-order valence-electron chi connectivity index (χ4n) is 3.68. The van der Waals surface area contributed by atoms with Crippen LogP contribution in [0.3, 0.4) is 0 Å². The lowest BCUT2D eigenvalue weighted by atomic mass is 9.83. The number of aryl methyl sites for hydroxylation is 2. The van der Waals surface area contributed by atoms with Crippen LogP contribution in [-0.4, -0.2) is 55.8 Å². The Labute approximate surface area is 125 Å². The molecular formula is C14H22N2O4S. The third kappa shape index (κ3) is 2.22. The Kier molecular flexibility index (Phi) is 3.62. The van der Waals surface area contributed by atoms with Gasteiger partial charge in [0.05, 0.1) is 18.1 Å².